The van der Waals surface area contributed by atoms with E-state index in [0.717, 1.165) is 4.90 Å². The van der Waals surface area contributed by atoms with E-state index < -0.39 is 24.2 Å². The molecule has 0 saturated carbocycles. The SMILES string of the molecule is CN1C(=O)CCC(NC(c2ccccc2)C(F)(F)F)C1=O. The quantitative estimate of drug-likeness (QED) is 0.869. The molecule has 1 saturated heterocycles. The molecule has 2 rings (SSSR count). The van der Waals surface area contributed by atoms with Crippen molar-refractivity contribution in [3.8, 4) is 0 Å². The van der Waals surface area contributed by atoms with E-state index in [2.05, 4.69) is 5.32 Å². The van der Waals surface area contributed by atoms with Crippen molar-refractivity contribution < 1.29 is 22.8 Å². The van der Waals surface area contributed by atoms with Crippen molar-refractivity contribution in [2.24, 2.45) is 0 Å². The zero-order valence-corrected chi connectivity index (χ0v) is 11.4. The first-order chi connectivity index (χ1) is 9.80. The Morgan fingerprint density at radius 1 is 1.24 bits per heavy atom. The van der Waals surface area contributed by atoms with E-state index in [-0.39, 0.29) is 24.3 Å². The maximum Gasteiger partial charge on any atom is 0.407 e. The van der Waals surface area contributed by atoms with E-state index in [1.165, 1.54) is 31.3 Å². The third kappa shape index (κ3) is 3.41. The number of piperidine rings is 1. The maximum atomic E-state index is 13.2. The summed E-state index contributed by atoms with van der Waals surface area (Å²) in [6.07, 6.45) is -4.40. The number of imide groups is 1. The van der Waals surface area contributed by atoms with Crippen molar-refractivity contribution in [2.75, 3.05) is 7.05 Å². The molecule has 0 aliphatic carbocycles. The fraction of sp³-hybridized carbons (Fsp3) is 0.429. The van der Waals surface area contributed by atoms with Gasteiger partial charge < -0.3 is 0 Å². The number of carbonyl (C=O) groups excluding carboxylic acids is 2. The molecule has 0 aromatic heterocycles. The van der Waals surface area contributed by atoms with Gasteiger partial charge in [-0.1, -0.05) is 30.3 Å². The number of likely N-dealkylation sites (tertiary alicyclic amines) is 1. The standard InChI is InChI=1S/C14H15F3N2O2/c1-19-11(20)8-7-10(13(19)21)18-12(14(15,16)17)9-5-3-2-4-6-9/h2-6,10,12,18H,7-8H2,1H3. The van der Waals surface area contributed by atoms with Gasteiger partial charge in [0.25, 0.3) is 0 Å². The van der Waals surface area contributed by atoms with Crippen LogP contribution in [0.5, 0.6) is 0 Å². The maximum absolute atomic E-state index is 13.2. The molecule has 1 heterocycles. The molecule has 2 unspecified atom stereocenters. The molecule has 2 atom stereocenters. The van der Waals surface area contributed by atoms with Crippen LogP contribution < -0.4 is 5.32 Å². The molecule has 1 aromatic carbocycles. The highest BCUT2D eigenvalue weighted by molar-refractivity contribution is 6.00. The number of nitrogens with zero attached hydrogens (tertiary/aromatic N) is 1. The van der Waals surface area contributed by atoms with Crippen molar-refractivity contribution in [1.82, 2.24) is 10.2 Å². The van der Waals surface area contributed by atoms with Crippen molar-refractivity contribution in [3.05, 3.63) is 35.9 Å². The van der Waals surface area contributed by atoms with Gasteiger partial charge in [0.05, 0.1) is 6.04 Å². The van der Waals surface area contributed by atoms with Crippen molar-refractivity contribution in [3.63, 3.8) is 0 Å². The molecule has 1 aromatic rings. The Balaban J connectivity index is 2.21. The number of alkyl halides is 3. The first-order valence-electron chi connectivity index (χ1n) is 6.49. The molecule has 4 nitrogen and oxygen atoms in total. The number of hydrogen-bond acceptors (Lipinski definition) is 3. The van der Waals surface area contributed by atoms with Crippen LogP contribution in [0, 0.1) is 0 Å². The highest BCUT2D eigenvalue weighted by atomic mass is 19.4. The number of hydrogen-bond donors (Lipinski definition) is 1. The Kier molecular flexibility index (Phi) is 4.32. The van der Waals surface area contributed by atoms with E-state index in [0.29, 0.717) is 0 Å². The van der Waals surface area contributed by atoms with Gasteiger partial charge in [-0.25, -0.2) is 0 Å². The Bertz CT molecular complexity index is 531. The molecular weight excluding hydrogens is 285 g/mol. The summed E-state index contributed by atoms with van der Waals surface area (Å²) in [4.78, 5) is 24.1. The van der Waals surface area contributed by atoms with Crippen LogP contribution >= 0.6 is 0 Å². The van der Waals surface area contributed by atoms with Gasteiger partial charge in [0.2, 0.25) is 11.8 Å². The first kappa shape index (κ1) is 15.5. The summed E-state index contributed by atoms with van der Waals surface area (Å²) in [5.74, 6) is -1.00. The molecule has 21 heavy (non-hydrogen) atoms. The average Bonchev–Trinajstić information content (AvgIpc) is 2.44. The number of nitrogens with one attached hydrogen (secondary N) is 1. The van der Waals surface area contributed by atoms with Gasteiger partial charge >= 0.3 is 6.18 Å². The van der Waals surface area contributed by atoms with Crippen LogP contribution in [0.2, 0.25) is 0 Å². The Morgan fingerprint density at radius 3 is 2.43 bits per heavy atom. The summed E-state index contributed by atoms with van der Waals surface area (Å²) in [7, 11) is 1.28. The Hall–Kier alpha value is -1.89. The molecule has 1 N–H and O–H groups in total. The zero-order chi connectivity index (χ0) is 15.6. The minimum atomic E-state index is -4.53. The fourth-order valence-electron chi connectivity index (χ4n) is 2.30. The van der Waals surface area contributed by atoms with Crippen molar-refractivity contribution >= 4 is 11.8 Å². The van der Waals surface area contributed by atoms with Crippen molar-refractivity contribution in [2.45, 2.75) is 31.1 Å². The molecule has 7 heteroatoms. The molecule has 2 amide bonds. The summed E-state index contributed by atoms with van der Waals surface area (Å²) in [5.41, 5.74) is 0.0392. The van der Waals surface area contributed by atoms with Gasteiger partial charge in [0.1, 0.15) is 6.04 Å². The number of halogens is 3. The van der Waals surface area contributed by atoms with E-state index in [1.54, 1.807) is 6.07 Å². The molecule has 0 bridgehead atoms. The smallest absolute Gasteiger partial charge is 0.291 e. The number of likely N-dealkylation sites (N-methyl/N-ethyl adjacent to an activating group) is 1. The van der Waals surface area contributed by atoms with Gasteiger partial charge in [0.15, 0.2) is 0 Å². The Labute approximate surface area is 119 Å². The largest absolute Gasteiger partial charge is 0.407 e. The number of carbonyl (C=O) groups is 2. The van der Waals surface area contributed by atoms with E-state index in [1.807, 2.05) is 0 Å². The molecular formula is C14H15F3N2O2. The van der Waals surface area contributed by atoms with Gasteiger partial charge in [-0.15, -0.1) is 0 Å². The lowest BCUT2D eigenvalue weighted by molar-refractivity contribution is -0.164. The third-order valence-corrected chi connectivity index (χ3v) is 3.48. The van der Waals surface area contributed by atoms with E-state index >= 15 is 0 Å². The monoisotopic (exact) mass is 300 g/mol. The van der Waals surface area contributed by atoms with Crippen molar-refractivity contribution in [1.29, 1.82) is 0 Å². The summed E-state index contributed by atoms with van der Waals surface area (Å²) >= 11 is 0. The molecule has 0 spiro atoms. The Morgan fingerprint density at radius 2 is 1.86 bits per heavy atom. The second kappa shape index (κ2) is 5.85. The summed E-state index contributed by atoms with van der Waals surface area (Å²) in [6.45, 7) is 0. The van der Waals surface area contributed by atoms with Crippen LogP contribution in [0.1, 0.15) is 24.4 Å². The summed E-state index contributed by atoms with van der Waals surface area (Å²) < 4.78 is 39.6. The topological polar surface area (TPSA) is 49.4 Å². The minimum absolute atomic E-state index is 0.0392. The van der Waals surface area contributed by atoms with Gasteiger partial charge in [-0.2, -0.15) is 13.2 Å². The van der Waals surface area contributed by atoms with Crippen LogP contribution in [-0.2, 0) is 9.59 Å². The predicted octanol–water partition coefficient (Wildman–Crippen LogP) is 2.03. The van der Waals surface area contributed by atoms with Crippen LogP contribution in [0.25, 0.3) is 0 Å². The lowest BCUT2D eigenvalue weighted by Crippen LogP contribution is -2.54. The fourth-order valence-corrected chi connectivity index (χ4v) is 2.30. The molecule has 0 radical (unpaired) electrons. The van der Waals surface area contributed by atoms with Crippen LogP contribution in [0.15, 0.2) is 30.3 Å². The lowest BCUT2D eigenvalue weighted by atomic mass is 10.0. The molecule has 114 valence electrons. The van der Waals surface area contributed by atoms with Gasteiger partial charge in [-0.05, 0) is 12.0 Å². The molecule has 1 fully saturated rings. The van der Waals surface area contributed by atoms with E-state index in [9.17, 15) is 22.8 Å². The van der Waals surface area contributed by atoms with Gasteiger partial charge in [-0.3, -0.25) is 19.8 Å². The lowest BCUT2D eigenvalue weighted by Gasteiger charge is -2.32. The highest BCUT2D eigenvalue weighted by Gasteiger charge is 2.44. The van der Waals surface area contributed by atoms with Gasteiger partial charge in [0, 0.05) is 13.5 Å². The summed E-state index contributed by atoms with van der Waals surface area (Å²) in [5, 5.41) is 2.34. The first-order valence-corrected chi connectivity index (χ1v) is 6.49. The zero-order valence-electron chi connectivity index (χ0n) is 11.4. The van der Waals surface area contributed by atoms with Crippen LogP contribution in [0.4, 0.5) is 13.2 Å². The van der Waals surface area contributed by atoms with Crippen LogP contribution in [-0.4, -0.2) is 36.0 Å². The number of rotatable bonds is 3. The second-order valence-electron chi connectivity index (χ2n) is 4.93. The summed E-state index contributed by atoms with van der Waals surface area (Å²) in [6, 6.07) is 4.40. The minimum Gasteiger partial charge on any atom is -0.291 e. The van der Waals surface area contributed by atoms with Crippen LogP contribution in [0.3, 0.4) is 0 Å². The van der Waals surface area contributed by atoms with E-state index in [4.69, 9.17) is 0 Å². The molecule has 1 aliphatic heterocycles. The number of benzene rings is 1. The second-order valence-corrected chi connectivity index (χ2v) is 4.93. The predicted molar refractivity (Wildman–Crippen MR) is 69.2 cm³/mol. The third-order valence-electron chi connectivity index (χ3n) is 3.48. The molecule has 1 aliphatic rings. The number of amides is 2. The average molecular weight is 300 g/mol. The highest BCUT2D eigenvalue weighted by Crippen LogP contribution is 2.33. The normalized spacial score (nSPS) is 21.5.